The van der Waals surface area contributed by atoms with Crippen LogP contribution in [0.1, 0.15) is 47.7 Å². The van der Waals surface area contributed by atoms with Crippen LogP contribution in [0.5, 0.6) is 0 Å². The zero-order valence-electron chi connectivity index (χ0n) is 10.5. The number of nitrogens with zero attached hydrogens (tertiary/aromatic N) is 2. The van der Waals surface area contributed by atoms with E-state index in [4.69, 9.17) is 5.11 Å². The lowest BCUT2D eigenvalue weighted by Crippen LogP contribution is -2.46. The van der Waals surface area contributed by atoms with E-state index in [1.807, 2.05) is 6.92 Å². The number of imidazole rings is 1. The zero-order chi connectivity index (χ0) is 13.3. The Bertz CT molecular complexity index is 469. The van der Waals surface area contributed by atoms with Crippen molar-refractivity contribution in [2.75, 3.05) is 6.54 Å². The van der Waals surface area contributed by atoms with Crippen molar-refractivity contribution in [3.05, 3.63) is 17.7 Å². The molecule has 2 heterocycles. The first-order valence-corrected chi connectivity index (χ1v) is 6.10. The van der Waals surface area contributed by atoms with Crippen molar-refractivity contribution in [1.82, 2.24) is 14.9 Å². The third-order valence-corrected chi connectivity index (χ3v) is 3.69. The molecule has 2 rings (SSSR count). The molecule has 1 aliphatic rings. The maximum absolute atomic E-state index is 12.3. The molecule has 2 N–H and O–H groups in total. The van der Waals surface area contributed by atoms with E-state index < -0.39 is 5.97 Å². The fraction of sp³-hybridized carbons (Fsp3) is 0.583. The van der Waals surface area contributed by atoms with Gasteiger partial charge in [0.2, 0.25) is 0 Å². The van der Waals surface area contributed by atoms with E-state index in [1.54, 1.807) is 4.90 Å². The quantitative estimate of drug-likeness (QED) is 0.831. The van der Waals surface area contributed by atoms with Crippen LogP contribution in [0.15, 0.2) is 6.33 Å². The van der Waals surface area contributed by atoms with Crippen LogP contribution < -0.4 is 0 Å². The zero-order valence-corrected chi connectivity index (χ0v) is 10.5. The molecule has 0 saturated carbocycles. The molecule has 2 atom stereocenters. The van der Waals surface area contributed by atoms with Gasteiger partial charge in [0.1, 0.15) is 0 Å². The molecular weight excluding hydrogens is 234 g/mol. The lowest BCUT2D eigenvalue weighted by atomic mass is 9.92. The van der Waals surface area contributed by atoms with Gasteiger partial charge in [-0.15, -0.1) is 0 Å². The smallest absolute Gasteiger partial charge is 0.354 e. The number of aromatic amines is 1. The molecule has 1 aliphatic heterocycles. The molecule has 0 bridgehead atoms. The third-order valence-electron chi connectivity index (χ3n) is 3.69. The van der Waals surface area contributed by atoms with Gasteiger partial charge in [0.15, 0.2) is 11.4 Å². The van der Waals surface area contributed by atoms with Gasteiger partial charge in [-0.1, -0.05) is 6.92 Å². The number of carboxylic acid groups (broad SMARTS) is 1. The minimum Gasteiger partial charge on any atom is -0.477 e. The van der Waals surface area contributed by atoms with E-state index in [9.17, 15) is 9.59 Å². The van der Waals surface area contributed by atoms with E-state index in [0.29, 0.717) is 12.5 Å². The van der Waals surface area contributed by atoms with Crippen molar-refractivity contribution in [3.63, 3.8) is 0 Å². The van der Waals surface area contributed by atoms with Gasteiger partial charge in [0.25, 0.3) is 5.91 Å². The molecule has 6 heteroatoms. The van der Waals surface area contributed by atoms with Crippen LogP contribution in [0.25, 0.3) is 0 Å². The molecule has 6 nitrogen and oxygen atoms in total. The summed E-state index contributed by atoms with van der Waals surface area (Å²) in [5.41, 5.74) is -0.131. The van der Waals surface area contributed by atoms with Gasteiger partial charge in [-0.2, -0.15) is 0 Å². The van der Waals surface area contributed by atoms with Gasteiger partial charge in [-0.3, -0.25) is 4.79 Å². The molecule has 0 radical (unpaired) electrons. The molecule has 0 aromatic carbocycles. The van der Waals surface area contributed by atoms with Crippen LogP contribution >= 0.6 is 0 Å². The Morgan fingerprint density at radius 1 is 1.50 bits per heavy atom. The summed E-state index contributed by atoms with van der Waals surface area (Å²) >= 11 is 0. The van der Waals surface area contributed by atoms with Crippen molar-refractivity contribution in [1.29, 1.82) is 0 Å². The molecule has 1 fully saturated rings. The number of aromatic nitrogens is 2. The molecule has 1 aromatic rings. The number of carbonyl (C=O) groups is 2. The number of likely N-dealkylation sites (tertiary alicyclic amines) is 1. The lowest BCUT2D eigenvalue weighted by Gasteiger charge is -2.37. The van der Waals surface area contributed by atoms with Crippen LogP contribution in [0.3, 0.4) is 0 Å². The van der Waals surface area contributed by atoms with E-state index in [2.05, 4.69) is 16.9 Å². The maximum atomic E-state index is 12.3. The number of carboxylic acids is 1. The topological polar surface area (TPSA) is 86.3 Å². The predicted octanol–water partition coefficient (Wildman–Crippen LogP) is 1.37. The molecule has 98 valence electrons. The van der Waals surface area contributed by atoms with Gasteiger partial charge >= 0.3 is 5.97 Å². The van der Waals surface area contributed by atoms with Crippen molar-refractivity contribution < 1.29 is 14.7 Å². The van der Waals surface area contributed by atoms with Crippen LogP contribution in [-0.2, 0) is 0 Å². The number of hydrogen-bond acceptors (Lipinski definition) is 3. The van der Waals surface area contributed by atoms with Crippen LogP contribution in [0.2, 0.25) is 0 Å². The number of carbonyl (C=O) groups excluding carboxylic acids is 1. The highest BCUT2D eigenvalue weighted by Crippen LogP contribution is 2.24. The largest absolute Gasteiger partial charge is 0.477 e. The minimum atomic E-state index is -1.16. The van der Waals surface area contributed by atoms with Crippen LogP contribution in [0, 0.1) is 5.92 Å². The van der Waals surface area contributed by atoms with Gasteiger partial charge in [0, 0.05) is 12.6 Å². The number of H-pyrrole nitrogens is 1. The Morgan fingerprint density at radius 3 is 2.89 bits per heavy atom. The lowest BCUT2D eigenvalue weighted by molar-refractivity contribution is 0.0533. The summed E-state index contributed by atoms with van der Waals surface area (Å²) in [7, 11) is 0. The van der Waals surface area contributed by atoms with Crippen molar-refractivity contribution in [2.45, 2.75) is 32.7 Å². The number of amides is 1. The summed E-state index contributed by atoms with van der Waals surface area (Å²) in [6.45, 7) is 4.76. The number of aromatic carboxylic acids is 1. The van der Waals surface area contributed by atoms with E-state index in [1.165, 1.54) is 6.33 Å². The van der Waals surface area contributed by atoms with Gasteiger partial charge in [-0.25, -0.2) is 9.78 Å². The Labute approximate surface area is 105 Å². The van der Waals surface area contributed by atoms with Crippen LogP contribution in [-0.4, -0.2) is 44.4 Å². The fourth-order valence-electron chi connectivity index (χ4n) is 2.38. The molecular formula is C12H17N3O3. The first-order chi connectivity index (χ1) is 8.52. The summed E-state index contributed by atoms with van der Waals surface area (Å²) in [4.78, 5) is 31.4. The minimum absolute atomic E-state index is 0.00319. The van der Waals surface area contributed by atoms with Crippen molar-refractivity contribution in [2.24, 2.45) is 5.92 Å². The first-order valence-electron chi connectivity index (χ1n) is 6.10. The third kappa shape index (κ3) is 2.10. The molecule has 1 saturated heterocycles. The maximum Gasteiger partial charge on any atom is 0.354 e. The highest BCUT2D eigenvalue weighted by molar-refractivity contribution is 6.02. The highest BCUT2D eigenvalue weighted by Gasteiger charge is 2.32. The number of piperidine rings is 1. The van der Waals surface area contributed by atoms with Crippen molar-refractivity contribution >= 4 is 11.9 Å². The average molecular weight is 251 g/mol. The van der Waals surface area contributed by atoms with Gasteiger partial charge in [-0.05, 0) is 25.7 Å². The molecule has 1 amide bonds. The Balaban J connectivity index is 2.25. The Hall–Kier alpha value is -1.85. The van der Waals surface area contributed by atoms with Crippen molar-refractivity contribution in [3.8, 4) is 0 Å². The van der Waals surface area contributed by atoms with Crippen LogP contribution in [0.4, 0.5) is 0 Å². The SMILES string of the molecule is CC1CCCN(C(=O)c2nc[nH]c2C(=O)O)C1C. The Morgan fingerprint density at radius 2 is 2.22 bits per heavy atom. The Kier molecular flexibility index (Phi) is 3.36. The number of rotatable bonds is 2. The summed E-state index contributed by atoms with van der Waals surface area (Å²) < 4.78 is 0. The molecule has 0 spiro atoms. The highest BCUT2D eigenvalue weighted by atomic mass is 16.4. The molecule has 1 aromatic heterocycles. The van der Waals surface area contributed by atoms with Gasteiger partial charge in [0.05, 0.1) is 6.33 Å². The number of hydrogen-bond donors (Lipinski definition) is 2. The second-order valence-electron chi connectivity index (χ2n) is 4.79. The predicted molar refractivity (Wildman–Crippen MR) is 64.4 cm³/mol. The molecule has 0 aliphatic carbocycles. The first kappa shape index (κ1) is 12.6. The second-order valence-corrected chi connectivity index (χ2v) is 4.79. The monoisotopic (exact) mass is 251 g/mol. The molecule has 18 heavy (non-hydrogen) atoms. The second kappa shape index (κ2) is 4.80. The fourth-order valence-corrected chi connectivity index (χ4v) is 2.38. The van der Waals surface area contributed by atoms with E-state index in [0.717, 1.165) is 12.8 Å². The summed E-state index contributed by atoms with van der Waals surface area (Å²) in [6, 6.07) is 0.115. The average Bonchev–Trinajstić information content (AvgIpc) is 2.81. The number of nitrogens with one attached hydrogen (secondary N) is 1. The van der Waals surface area contributed by atoms with Gasteiger partial charge < -0.3 is 15.0 Å². The standard InChI is InChI=1S/C12H17N3O3/c1-7-4-3-5-15(8(7)2)11(16)9-10(12(17)18)14-6-13-9/h6-8H,3-5H2,1-2H3,(H,13,14)(H,17,18). The normalized spacial score (nSPS) is 24.0. The van der Waals surface area contributed by atoms with E-state index >= 15 is 0 Å². The summed E-state index contributed by atoms with van der Waals surface area (Å²) in [5.74, 6) is -1.03. The van der Waals surface area contributed by atoms with E-state index in [-0.39, 0.29) is 23.3 Å². The summed E-state index contributed by atoms with van der Waals surface area (Å²) in [6.07, 6.45) is 3.29. The summed E-state index contributed by atoms with van der Waals surface area (Å²) in [5, 5.41) is 8.98. The molecule has 2 unspecified atom stereocenters.